The molecule has 12 rings (SSSR count). The van der Waals surface area contributed by atoms with Crippen LogP contribution in [0.3, 0.4) is 0 Å². The molecule has 0 bridgehead atoms. The fourth-order valence-corrected chi connectivity index (χ4v) is 10.3. The number of fused-ring (bicyclic) bond motifs is 4. The van der Waals surface area contributed by atoms with E-state index in [2.05, 4.69) is 237 Å². The van der Waals surface area contributed by atoms with Crippen molar-refractivity contribution in [1.29, 1.82) is 0 Å². The van der Waals surface area contributed by atoms with Gasteiger partial charge < -0.3 is 0 Å². The lowest BCUT2D eigenvalue weighted by atomic mass is 9.66. The van der Waals surface area contributed by atoms with E-state index in [1.54, 1.807) is 0 Å². The van der Waals surface area contributed by atoms with Gasteiger partial charge in [-0.2, -0.15) is 0 Å². The van der Waals surface area contributed by atoms with Crippen LogP contribution in [0.5, 0.6) is 0 Å². The van der Waals surface area contributed by atoms with Gasteiger partial charge in [0, 0.05) is 16.7 Å². The fourth-order valence-electron chi connectivity index (χ4n) is 10.3. The lowest BCUT2D eigenvalue weighted by Crippen LogP contribution is -2.29. The first-order chi connectivity index (χ1) is 32.2. The first-order valence-electron chi connectivity index (χ1n) is 22.3. The van der Waals surface area contributed by atoms with Crippen LogP contribution in [-0.2, 0) is 5.41 Å². The zero-order valence-corrected chi connectivity index (χ0v) is 35.6. The van der Waals surface area contributed by atoms with Crippen LogP contribution in [0.4, 0.5) is 0 Å². The lowest BCUT2D eigenvalue weighted by Gasteiger charge is -2.35. The Kier molecular flexibility index (Phi) is 9.43. The zero-order chi connectivity index (χ0) is 43.2. The molecule has 65 heavy (non-hydrogen) atoms. The number of hydrogen-bond acceptors (Lipinski definition) is 2. The molecule has 0 spiro atoms. The van der Waals surface area contributed by atoms with Crippen LogP contribution in [0.15, 0.2) is 255 Å². The molecule has 11 aromatic rings. The summed E-state index contributed by atoms with van der Waals surface area (Å²) in [5.41, 5.74) is 19.3. The minimum absolute atomic E-state index is 0.484. The Morgan fingerprint density at radius 1 is 0.262 bits per heavy atom. The van der Waals surface area contributed by atoms with E-state index in [-0.39, 0.29) is 0 Å². The Morgan fingerprint density at radius 3 is 1.37 bits per heavy atom. The van der Waals surface area contributed by atoms with Crippen LogP contribution < -0.4 is 0 Å². The third-order valence-electron chi connectivity index (χ3n) is 13.2. The molecular weight excluding hydrogens is 785 g/mol. The van der Waals surface area contributed by atoms with Gasteiger partial charge in [0.1, 0.15) is 0 Å². The molecule has 304 valence electrons. The molecule has 0 saturated carbocycles. The summed E-state index contributed by atoms with van der Waals surface area (Å²) in [6, 6.07) is 91.9. The number of hydrogen-bond donors (Lipinski definition) is 0. The second-order valence-corrected chi connectivity index (χ2v) is 16.8. The van der Waals surface area contributed by atoms with Crippen LogP contribution in [0, 0.1) is 0 Å². The van der Waals surface area contributed by atoms with Crippen LogP contribution >= 0.6 is 0 Å². The molecular formula is C63H42N2. The van der Waals surface area contributed by atoms with Crippen molar-refractivity contribution in [3.05, 3.63) is 277 Å². The second kappa shape index (κ2) is 16.0. The summed E-state index contributed by atoms with van der Waals surface area (Å²) < 4.78 is 0. The molecule has 2 nitrogen and oxygen atoms in total. The van der Waals surface area contributed by atoms with E-state index in [0.717, 1.165) is 39.0 Å². The second-order valence-electron chi connectivity index (χ2n) is 16.8. The van der Waals surface area contributed by atoms with E-state index in [9.17, 15) is 0 Å². The smallest absolute Gasteiger partial charge is 0.160 e. The third kappa shape index (κ3) is 6.50. The van der Waals surface area contributed by atoms with Crippen molar-refractivity contribution in [3.8, 4) is 78.4 Å². The van der Waals surface area contributed by atoms with Gasteiger partial charge in [0.15, 0.2) is 5.82 Å². The molecule has 1 heterocycles. The van der Waals surface area contributed by atoms with Gasteiger partial charge in [-0.15, -0.1) is 0 Å². The summed E-state index contributed by atoms with van der Waals surface area (Å²) in [5.74, 6) is 0.702. The van der Waals surface area contributed by atoms with Gasteiger partial charge >= 0.3 is 0 Å². The van der Waals surface area contributed by atoms with E-state index in [1.165, 1.54) is 66.6 Å². The molecule has 0 fully saturated rings. The first-order valence-corrected chi connectivity index (χ1v) is 22.3. The molecule has 0 N–H and O–H groups in total. The summed E-state index contributed by atoms with van der Waals surface area (Å²) in [6.45, 7) is 0. The van der Waals surface area contributed by atoms with Gasteiger partial charge in [-0.1, -0.05) is 249 Å². The molecule has 2 heteroatoms. The number of rotatable bonds is 8. The van der Waals surface area contributed by atoms with Crippen molar-refractivity contribution in [2.45, 2.75) is 5.41 Å². The summed E-state index contributed by atoms with van der Waals surface area (Å²) in [5, 5.41) is 2.32. The van der Waals surface area contributed by atoms with Crippen molar-refractivity contribution in [2.24, 2.45) is 0 Å². The first kappa shape index (κ1) is 38.2. The van der Waals surface area contributed by atoms with Gasteiger partial charge in [0.2, 0.25) is 0 Å². The van der Waals surface area contributed by atoms with E-state index >= 15 is 0 Å². The maximum Gasteiger partial charge on any atom is 0.160 e. The highest BCUT2D eigenvalue weighted by molar-refractivity contribution is 6.05. The van der Waals surface area contributed by atoms with Crippen LogP contribution in [0.1, 0.15) is 22.3 Å². The highest BCUT2D eigenvalue weighted by Gasteiger charge is 2.47. The van der Waals surface area contributed by atoms with Gasteiger partial charge in [-0.3, -0.25) is 0 Å². The Balaban J connectivity index is 0.964. The Morgan fingerprint density at radius 2 is 0.708 bits per heavy atom. The summed E-state index contributed by atoms with van der Waals surface area (Å²) in [4.78, 5) is 10.4. The highest BCUT2D eigenvalue weighted by Crippen LogP contribution is 2.58. The van der Waals surface area contributed by atoms with Gasteiger partial charge in [0.05, 0.1) is 16.8 Å². The molecule has 0 aliphatic heterocycles. The molecule has 0 atom stereocenters. The average Bonchev–Trinajstić information content (AvgIpc) is 3.71. The minimum atomic E-state index is -0.484. The van der Waals surface area contributed by atoms with Crippen molar-refractivity contribution >= 4 is 10.8 Å². The van der Waals surface area contributed by atoms with Crippen molar-refractivity contribution < 1.29 is 0 Å². The predicted molar refractivity (Wildman–Crippen MR) is 269 cm³/mol. The Bertz CT molecular complexity index is 3450. The Hall–Kier alpha value is -8.46. The zero-order valence-electron chi connectivity index (χ0n) is 35.6. The number of nitrogens with zero attached hydrogens (tertiary/aromatic N) is 2. The average molecular weight is 827 g/mol. The summed E-state index contributed by atoms with van der Waals surface area (Å²) in [6.07, 6.45) is 0. The van der Waals surface area contributed by atoms with Crippen molar-refractivity contribution in [3.63, 3.8) is 0 Å². The van der Waals surface area contributed by atoms with Crippen LogP contribution in [-0.4, -0.2) is 9.97 Å². The standard InChI is InChI=1S/C63H42N2/c1-5-18-43(19-6-1)44-32-38-47(39-33-44)59-42-60(65-62(64-59)48-20-7-2-8-21-48)56-41-40-51(53-26-13-14-27-54(53)56)45-34-36-46(37-35-45)52-29-17-30-57-55-28-15-16-31-58(55)63(61(52)57,49-22-9-3-10-23-49)50-24-11-4-12-25-50/h1-42H. The number of aromatic nitrogens is 2. The van der Waals surface area contributed by atoms with E-state index in [0.29, 0.717) is 5.82 Å². The van der Waals surface area contributed by atoms with Crippen molar-refractivity contribution in [2.75, 3.05) is 0 Å². The topological polar surface area (TPSA) is 25.8 Å². The maximum absolute atomic E-state index is 5.25. The highest BCUT2D eigenvalue weighted by atomic mass is 14.9. The lowest BCUT2D eigenvalue weighted by molar-refractivity contribution is 0.770. The molecule has 1 aromatic heterocycles. The quantitative estimate of drug-likeness (QED) is 0.152. The molecule has 0 saturated heterocycles. The predicted octanol–water partition coefficient (Wildman–Crippen LogP) is 16.0. The monoisotopic (exact) mass is 826 g/mol. The summed E-state index contributed by atoms with van der Waals surface area (Å²) >= 11 is 0. The van der Waals surface area contributed by atoms with E-state index in [1.807, 2.05) is 18.2 Å². The van der Waals surface area contributed by atoms with Crippen LogP contribution in [0.25, 0.3) is 89.2 Å². The summed E-state index contributed by atoms with van der Waals surface area (Å²) in [7, 11) is 0. The van der Waals surface area contributed by atoms with Crippen LogP contribution in [0.2, 0.25) is 0 Å². The molecule has 1 aliphatic rings. The molecule has 10 aromatic carbocycles. The van der Waals surface area contributed by atoms with E-state index in [4.69, 9.17) is 9.97 Å². The fraction of sp³-hybridized carbons (Fsp3) is 0.0159. The van der Waals surface area contributed by atoms with E-state index < -0.39 is 5.41 Å². The molecule has 0 radical (unpaired) electrons. The third-order valence-corrected chi connectivity index (χ3v) is 13.2. The van der Waals surface area contributed by atoms with Crippen molar-refractivity contribution in [1.82, 2.24) is 9.97 Å². The Labute approximate surface area is 379 Å². The molecule has 0 amide bonds. The largest absolute Gasteiger partial charge is 0.228 e. The molecule has 0 unspecified atom stereocenters. The van der Waals surface area contributed by atoms with Gasteiger partial charge in [0.25, 0.3) is 0 Å². The minimum Gasteiger partial charge on any atom is -0.228 e. The number of benzene rings is 10. The maximum atomic E-state index is 5.25. The van der Waals surface area contributed by atoms with Gasteiger partial charge in [-0.25, -0.2) is 9.97 Å². The van der Waals surface area contributed by atoms with Gasteiger partial charge in [-0.05, 0) is 83.6 Å². The molecule has 1 aliphatic carbocycles. The SMILES string of the molecule is c1ccc(-c2ccc(-c3cc(-c4ccc(-c5ccc(-c6cccc7c6C(c6ccccc6)(c6ccccc6)c6ccccc6-7)cc5)c5ccccc45)nc(-c4ccccc4)n3)cc2)cc1. The normalized spacial score (nSPS) is 12.4.